The third-order valence-corrected chi connectivity index (χ3v) is 3.09. The Morgan fingerprint density at radius 1 is 1.33 bits per heavy atom. The Morgan fingerprint density at radius 2 is 2.05 bits per heavy atom. The molecule has 0 saturated carbocycles. The second-order valence-electron chi connectivity index (χ2n) is 4.22. The van der Waals surface area contributed by atoms with Crippen LogP contribution in [0.4, 0.5) is 10.1 Å². The van der Waals surface area contributed by atoms with Gasteiger partial charge in [-0.25, -0.2) is 4.39 Å². The maximum Gasteiger partial charge on any atom is 0.312 e. The van der Waals surface area contributed by atoms with E-state index in [1.807, 2.05) is 0 Å². The number of nitriles is 1. The summed E-state index contributed by atoms with van der Waals surface area (Å²) in [6.07, 6.45) is 0. The summed E-state index contributed by atoms with van der Waals surface area (Å²) in [5, 5.41) is 19.9. The van der Waals surface area contributed by atoms with E-state index in [0.717, 1.165) is 12.1 Å². The standard InChI is InChI=1S/C14H8BrFN2O3/c1-8-2-10(15)5-13(18(19)20)14(8)21-12-4-9(7-17)3-11(16)6-12/h2-6H,1H3. The van der Waals surface area contributed by atoms with Crippen molar-refractivity contribution in [2.45, 2.75) is 6.92 Å². The van der Waals surface area contributed by atoms with E-state index < -0.39 is 10.7 Å². The third kappa shape index (κ3) is 3.35. The lowest BCUT2D eigenvalue weighted by molar-refractivity contribution is -0.385. The smallest absolute Gasteiger partial charge is 0.312 e. The molecule has 106 valence electrons. The molecule has 0 aliphatic carbocycles. The summed E-state index contributed by atoms with van der Waals surface area (Å²) in [6.45, 7) is 1.64. The zero-order chi connectivity index (χ0) is 15.6. The summed E-state index contributed by atoms with van der Waals surface area (Å²) >= 11 is 3.17. The van der Waals surface area contributed by atoms with Gasteiger partial charge in [-0.1, -0.05) is 15.9 Å². The number of hydrogen-bond donors (Lipinski definition) is 0. The summed E-state index contributed by atoms with van der Waals surface area (Å²) in [7, 11) is 0. The van der Waals surface area contributed by atoms with Crippen LogP contribution in [-0.2, 0) is 0 Å². The molecule has 0 unspecified atom stereocenters. The molecule has 0 heterocycles. The average Bonchev–Trinajstić information content (AvgIpc) is 2.40. The van der Waals surface area contributed by atoms with Crippen molar-refractivity contribution in [2.24, 2.45) is 0 Å². The zero-order valence-electron chi connectivity index (χ0n) is 10.8. The number of nitro groups is 1. The number of benzene rings is 2. The molecule has 0 aliphatic rings. The van der Waals surface area contributed by atoms with Crippen LogP contribution in [0.15, 0.2) is 34.8 Å². The second-order valence-corrected chi connectivity index (χ2v) is 5.13. The fourth-order valence-electron chi connectivity index (χ4n) is 1.78. The first-order valence-electron chi connectivity index (χ1n) is 5.74. The van der Waals surface area contributed by atoms with Crippen molar-refractivity contribution in [1.29, 1.82) is 5.26 Å². The van der Waals surface area contributed by atoms with Gasteiger partial charge in [0.25, 0.3) is 0 Å². The van der Waals surface area contributed by atoms with E-state index in [1.165, 1.54) is 12.1 Å². The molecule has 0 N–H and O–H groups in total. The maximum atomic E-state index is 13.4. The SMILES string of the molecule is Cc1cc(Br)cc([N+](=O)[O-])c1Oc1cc(F)cc(C#N)c1. The normalized spacial score (nSPS) is 10.0. The van der Waals surface area contributed by atoms with Crippen molar-refractivity contribution in [3.63, 3.8) is 0 Å². The lowest BCUT2D eigenvalue weighted by Gasteiger charge is -2.10. The van der Waals surface area contributed by atoms with E-state index in [9.17, 15) is 14.5 Å². The highest BCUT2D eigenvalue weighted by Crippen LogP contribution is 2.37. The first kappa shape index (κ1) is 14.9. The minimum Gasteiger partial charge on any atom is -0.450 e. The summed E-state index contributed by atoms with van der Waals surface area (Å²) < 4.78 is 19.3. The Bertz CT molecular complexity index is 772. The van der Waals surface area contributed by atoms with Crippen LogP contribution in [0.2, 0.25) is 0 Å². The van der Waals surface area contributed by atoms with Gasteiger partial charge in [-0.3, -0.25) is 10.1 Å². The molecule has 2 aromatic carbocycles. The van der Waals surface area contributed by atoms with Gasteiger partial charge in [0.15, 0.2) is 0 Å². The number of halogens is 2. The summed E-state index contributed by atoms with van der Waals surface area (Å²) in [5.41, 5.74) is 0.339. The quantitative estimate of drug-likeness (QED) is 0.604. The highest BCUT2D eigenvalue weighted by molar-refractivity contribution is 9.10. The Morgan fingerprint density at radius 3 is 2.67 bits per heavy atom. The van der Waals surface area contributed by atoms with Crippen LogP contribution < -0.4 is 4.74 Å². The van der Waals surface area contributed by atoms with Crippen LogP contribution in [-0.4, -0.2) is 4.92 Å². The zero-order valence-corrected chi connectivity index (χ0v) is 12.3. The average molecular weight is 351 g/mol. The van der Waals surface area contributed by atoms with Gasteiger partial charge in [0.1, 0.15) is 11.6 Å². The van der Waals surface area contributed by atoms with Crippen LogP contribution in [0.5, 0.6) is 11.5 Å². The minimum atomic E-state index is -0.651. The molecule has 2 rings (SSSR count). The maximum absolute atomic E-state index is 13.4. The number of ether oxygens (including phenoxy) is 1. The number of hydrogen-bond acceptors (Lipinski definition) is 4. The van der Waals surface area contributed by atoms with Crippen molar-refractivity contribution in [3.8, 4) is 17.6 Å². The number of nitrogens with zero attached hydrogens (tertiary/aromatic N) is 2. The highest BCUT2D eigenvalue weighted by atomic mass is 79.9. The molecule has 0 fully saturated rings. The van der Waals surface area contributed by atoms with Crippen molar-refractivity contribution >= 4 is 21.6 Å². The van der Waals surface area contributed by atoms with E-state index >= 15 is 0 Å². The molecule has 0 radical (unpaired) electrons. The fraction of sp³-hybridized carbons (Fsp3) is 0.0714. The van der Waals surface area contributed by atoms with Gasteiger partial charge >= 0.3 is 5.69 Å². The molecule has 5 nitrogen and oxygen atoms in total. The Kier molecular flexibility index (Phi) is 4.19. The fourth-order valence-corrected chi connectivity index (χ4v) is 2.34. The monoisotopic (exact) mass is 350 g/mol. The molecule has 0 aromatic heterocycles. The predicted molar refractivity (Wildman–Crippen MR) is 76.7 cm³/mol. The largest absolute Gasteiger partial charge is 0.450 e. The first-order chi connectivity index (χ1) is 9.90. The number of rotatable bonds is 3. The van der Waals surface area contributed by atoms with Crippen molar-refractivity contribution in [2.75, 3.05) is 0 Å². The van der Waals surface area contributed by atoms with E-state index in [2.05, 4.69) is 15.9 Å². The minimum absolute atomic E-state index is 0.0117. The summed E-state index contributed by atoms with van der Waals surface area (Å²) in [6, 6.07) is 8.16. The van der Waals surface area contributed by atoms with Crippen LogP contribution >= 0.6 is 15.9 Å². The van der Waals surface area contributed by atoms with Crippen molar-refractivity contribution in [3.05, 3.63) is 61.9 Å². The van der Waals surface area contributed by atoms with Crippen LogP contribution in [0.3, 0.4) is 0 Å². The molecule has 0 spiro atoms. The Balaban J connectivity index is 2.52. The highest BCUT2D eigenvalue weighted by Gasteiger charge is 2.20. The Hall–Kier alpha value is -2.46. The van der Waals surface area contributed by atoms with Gasteiger partial charge in [-0.2, -0.15) is 5.26 Å². The first-order valence-corrected chi connectivity index (χ1v) is 6.53. The lowest BCUT2D eigenvalue weighted by Crippen LogP contribution is -1.97. The third-order valence-electron chi connectivity index (χ3n) is 2.64. The molecule has 0 amide bonds. The van der Waals surface area contributed by atoms with Gasteiger partial charge in [-0.15, -0.1) is 0 Å². The van der Waals surface area contributed by atoms with Gasteiger partial charge < -0.3 is 4.74 Å². The number of nitro benzene ring substituents is 1. The van der Waals surface area contributed by atoms with E-state index in [4.69, 9.17) is 10.00 Å². The summed E-state index contributed by atoms with van der Waals surface area (Å²) in [5.74, 6) is -0.612. The molecule has 0 aliphatic heterocycles. The summed E-state index contributed by atoms with van der Waals surface area (Å²) in [4.78, 5) is 10.5. The van der Waals surface area contributed by atoms with Gasteiger partial charge in [0.05, 0.1) is 16.6 Å². The molecule has 7 heteroatoms. The molecule has 0 saturated heterocycles. The van der Waals surface area contributed by atoms with E-state index in [0.29, 0.717) is 10.0 Å². The lowest BCUT2D eigenvalue weighted by atomic mass is 10.2. The van der Waals surface area contributed by atoms with Crippen molar-refractivity contribution < 1.29 is 14.1 Å². The van der Waals surface area contributed by atoms with E-state index in [-0.39, 0.29) is 22.7 Å². The van der Waals surface area contributed by atoms with Crippen molar-refractivity contribution in [1.82, 2.24) is 0 Å². The van der Waals surface area contributed by atoms with E-state index in [1.54, 1.807) is 19.1 Å². The van der Waals surface area contributed by atoms with Crippen LogP contribution in [0.1, 0.15) is 11.1 Å². The predicted octanol–water partition coefficient (Wildman–Crippen LogP) is 4.47. The molecule has 0 atom stereocenters. The van der Waals surface area contributed by atoms with Crippen LogP contribution in [0.25, 0.3) is 0 Å². The topological polar surface area (TPSA) is 76.2 Å². The Labute approximate surface area is 127 Å². The molecular formula is C14H8BrFN2O3. The van der Waals surface area contributed by atoms with Crippen LogP contribution in [0, 0.1) is 34.2 Å². The van der Waals surface area contributed by atoms with Gasteiger partial charge in [0, 0.05) is 16.6 Å². The van der Waals surface area contributed by atoms with Gasteiger partial charge in [0.2, 0.25) is 5.75 Å². The molecular weight excluding hydrogens is 343 g/mol. The van der Waals surface area contributed by atoms with Gasteiger partial charge in [-0.05, 0) is 30.7 Å². The molecule has 21 heavy (non-hydrogen) atoms. The molecule has 0 bridgehead atoms. The molecule has 2 aromatic rings. The second kappa shape index (κ2) is 5.89. The number of aryl methyl sites for hydroxylation is 1.